The molecule has 2 saturated carbocycles. The summed E-state index contributed by atoms with van der Waals surface area (Å²) in [4.78, 5) is 0. The number of halogens is 1. The van der Waals surface area contributed by atoms with Crippen molar-refractivity contribution in [2.75, 3.05) is 7.11 Å². The third-order valence-electron chi connectivity index (χ3n) is 9.18. The molecule has 0 heterocycles. The first-order valence-corrected chi connectivity index (χ1v) is 18.5. The fourth-order valence-electron chi connectivity index (χ4n) is 6.76. The minimum absolute atomic E-state index is 0. The molecule has 0 bridgehead atoms. The van der Waals surface area contributed by atoms with Gasteiger partial charge >= 0.3 is 0 Å². The van der Waals surface area contributed by atoms with Gasteiger partial charge in [0.15, 0.2) is 0 Å². The zero-order valence-corrected chi connectivity index (χ0v) is 31.6. The average Bonchev–Trinajstić information content (AvgIpc) is 2.94. The number of hydrogen-bond donors (Lipinski definition) is 0. The fraction of sp³-hybridized carbons (Fsp3) is 0.684. The summed E-state index contributed by atoms with van der Waals surface area (Å²) < 4.78 is 4.94. The first-order valence-electron chi connectivity index (χ1n) is 16.7. The Morgan fingerprint density at radius 2 is 1.19 bits per heavy atom. The topological polar surface area (TPSA) is 9.23 Å². The Kier molecular flexibility index (Phi) is 15.8. The van der Waals surface area contributed by atoms with Crippen molar-refractivity contribution in [3.63, 3.8) is 0 Å². The molecule has 4 heteroatoms. The van der Waals surface area contributed by atoms with Gasteiger partial charge in [0.2, 0.25) is 0 Å². The molecule has 2 aliphatic rings. The van der Waals surface area contributed by atoms with E-state index in [0.717, 1.165) is 16.3 Å². The van der Waals surface area contributed by atoms with Gasteiger partial charge < -0.3 is 4.74 Å². The zero-order chi connectivity index (χ0) is 30.3. The smallest absolute Gasteiger partial charge is 0.0594 e. The molecule has 0 saturated heterocycles. The van der Waals surface area contributed by atoms with Gasteiger partial charge in [-0.3, -0.25) is 0 Å². The molecule has 2 aliphatic carbocycles. The minimum Gasteiger partial charge on any atom is -0.379 e. The van der Waals surface area contributed by atoms with Crippen molar-refractivity contribution in [2.45, 2.75) is 161 Å². The molecule has 0 spiro atoms. The Morgan fingerprint density at radius 1 is 0.738 bits per heavy atom. The standard InChI is InChI=1S/C33H48ClP.C5H12O.Pd/c1-22(2)28-21-29(23(3)4)33(34)31(24(5)6)32(28)27-19-13-14-20-30(27)35(25-15-9-7-10-16-25)26-17-11-8-12-18-26;1-5(2,3)6-4;/h13-14,19-26H,7-12,15-18H2,1-6H3;1-4H3;. The molecule has 0 aromatic heterocycles. The van der Waals surface area contributed by atoms with Crippen LogP contribution in [0, 0.1) is 0 Å². The molecule has 0 amide bonds. The molecule has 1 nitrogen and oxygen atoms in total. The summed E-state index contributed by atoms with van der Waals surface area (Å²) in [6.07, 6.45) is 14.4. The summed E-state index contributed by atoms with van der Waals surface area (Å²) in [6.45, 7) is 20.1. The van der Waals surface area contributed by atoms with Gasteiger partial charge in [-0.1, -0.05) is 130 Å². The Hall–Kier alpha value is -0.218. The van der Waals surface area contributed by atoms with E-state index in [1.807, 2.05) is 20.8 Å². The van der Waals surface area contributed by atoms with E-state index in [0.29, 0.717) is 17.8 Å². The van der Waals surface area contributed by atoms with Crippen LogP contribution in [-0.4, -0.2) is 24.0 Å². The van der Waals surface area contributed by atoms with Crippen molar-refractivity contribution in [3.8, 4) is 11.1 Å². The van der Waals surface area contributed by atoms with E-state index in [1.54, 1.807) is 12.4 Å². The van der Waals surface area contributed by atoms with Crippen LogP contribution >= 0.6 is 19.5 Å². The van der Waals surface area contributed by atoms with E-state index in [2.05, 4.69) is 71.9 Å². The monoisotopic (exact) mass is 704 g/mol. The number of hydrogen-bond acceptors (Lipinski definition) is 1. The normalized spacial score (nSPS) is 17.0. The van der Waals surface area contributed by atoms with Crippen LogP contribution < -0.4 is 5.30 Å². The summed E-state index contributed by atoms with van der Waals surface area (Å²) in [5.41, 5.74) is 9.03. The second-order valence-electron chi connectivity index (χ2n) is 14.4. The van der Waals surface area contributed by atoms with Gasteiger partial charge in [0.05, 0.1) is 5.60 Å². The summed E-state index contributed by atoms with van der Waals surface area (Å²) in [6, 6.07) is 12.1. The second kappa shape index (κ2) is 17.5. The predicted molar refractivity (Wildman–Crippen MR) is 186 cm³/mol. The van der Waals surface area contributed by atoms with Gasteiger partial charge in [-0.2, -0.15) is 0 Å². The molecule has 0 aliphatic heterocycles. The molecular formula is C38H60ClOPPd. The largest absolute Gasteiger partial charge is 0.379 e. The number of ether oxygens (including phenoxy) is 1. The number of methoxy groups -OCH3 is 1. The Bertz CT molecular complexity index is 1070. The summed E-state index contributed by atoms with van der Waals surface area (Å²) >= 11 is 7.27. The van der Waals surface area contributed by atoms with Gasteiger partial charge in [0.25, 0.3) is 0 Å². The maximum Gasteiger partial charge on any atom is 0.0594 e. The predicted octanol–water partition coefficient (Wildman–Crippen LogP) is 12.6. The molecule has 42 heavy (non-hydrogen) atoms. The van der Waals surface area contributed by atoms with Crippen LogP contribution in [0.15, 0.2) is 30.3 Å². The molecule has 0 N–H and O–H groups in total. The van der Waals surface area contributed by atoms with E-state index in [-0.39, 0.29) is 33.9 Å². The number of rotatable bonds is 7. The van der Waals surface area contributed by atoms with Gasteiger partial charge in [-0.15, -0.1) is 0 Å². The van der Waals surface area contributed by atoms with Crippen molar-refractivity contribution < 1.29 is 25.2 Å². The summed E-state index contributed by atoms with van der Waals surface area (Å²) in [5.74, 6) is 1.31. The van der Waals surface area contributed by atoms with Crippen LogP contribution in [0.2, 0.25) is 5.02 Å². The Labute approximate surface area is 280 Å². The molecule has 2 aromatic carbocycles. The van der Waals surface area contributed by atoms with Crippen LogP contribution in [0.25, 0.3) is 11.1 Å². The van der Waals surface area contributed by atoms with Gasteiger partial charge in [0.1, 0.15) is 0 Å². The van der Waals surface area contributed by atoms with Gasteiger partial charge in [0, 0.05) is 32.6 Å². The molecule has 2 fully saturated rings. The van der Waals surface area contributed by atoms with Crippen LogP contribution in [0.3, 0.4) is 0 Å². The average molecular weight is 706 g/mol. The Balaban J connectivity index is 0.000000798. The molecule has 0 radical (unpaired) electrons. The fourth-order valence-corrected chi connectivity index (χ4v) is 11.3. The Morgan fingerprint density at radius 3 is 1.60 bits per heavy atom. The third kappa shape index (κ3) is 9.89. The van der Waals surface area contributed by atoms with Crippen LogP contribution in [0.5, 0.6) is 0 Å². The summed E-state index contributed by atoms with van der Waals surface area (Å²) in [7, 11) is 1.54. The first kappa shape index (κ1) is 38.0. The van der Waals surface area contributed by atoms with Crippen molar-refractivity contribution in [1.82, 2.24) is 0 Å². The summed E-state index contributed by atoms with van der Waals surface area (Å²) in [5, 5.41) is 2.71. The van der Waals surface area contributed by atoms with Gasteiger partial charge in [-0.05, 0) is 109 Å². The first-order chi connectivity index (χ1) is 19.4. The maximum atomic E-state index is 7.27. The van der Waals surface area contributed by atoms with E-state index >= 15 is 0 Å². The van der Waals surface area contributed by atoms with E-state index in [9.17, 15) is 0 Å². The molecular weight excluding hydrogens is 645 g/mol. The molecule has 4 rings (SSSR count). The molecule has 240 valence electrons. The van der Waals surface area contributed by atoms with Crippen molar-refractivity contribution in [2.24, 2.45) is 0 Å². The third-order valence-corrected chi connectivity index (χ3v) is 13.2. The zero-order valence-electron chi connectivity index (χ0n) is 28.4. The van der Waals surface area contributed by atoms with Crippen LogP contribution in [0.4, 0.5) is 0 Å². The van der Waals surface area contributed by atoms with E-state index < -0.39 is 0 Å². The maximum absolute atomic E-state index is 7.27. The van der Waals surface area contributed by atoms with Crippen molar-refractivity contribution in [3.05, 3.63) is 52.0 Å². The van der Waals surface area contributed by atoms with E-state index in [1.165, 1.54) is 92.0 Å². The van der Waals surface area contributed by atoms with Crippen molar-refractivity contribution in [1.29, 1.82) is 0 Å². The second-order valence-corrected chi connectivity index (χ2v) is 17.6. The van der Waals surface area contributed by atoms with Gasteiger partial charge in [-0.25, -0.2) is 0 Å². The van der Waals surface area contributed by atoms with Crippen LogP contribution in [-0.2, 0) is 25.2 Å². The number of benzene rings is 2. The molecule has 0 atom stereocenters. The van der Waals surface area contributed by atoms with E-state index in [4.69, 9.17) is 16.3 Å². The van der Waals surface area contributed by atoms with Crippen LogP contribution in [0.1, 0.15) is 161 Å². The molecule has 2 aromatic rings. The quantitative estimate of drug-likeness (QED) is 0.206. The SMILES string of the molecule is CC(C)c1cc(C(C)C)c(-c2ccccc2P(C2CCCCC2)C2CCCCC2)c(C(C)C)c1Cl.COC(C)(C)C.[Pd]. The van der Waals surface area contributed by atoms with Crippen molar-refractivity contribution >= 4 is 24.8 Å². The minimum atomic E-state index is -0.173. The molecule has 0 unspecified atom stereocenters.